The topological polar surface area (TPSA) is 73.9 Å². The Morgan fingerprint density at radius 1 is 1.28 bits per heavy atom. The lowest BCUT2D eigenvalue weighted by atomic mass is 10.2. The van der Waals surface area contributed by atoms with Gasteiger partial charge in [0.2, 0.25) is 0 Å². The van der Waals surface area contributed by atoms with E-state index < -0.39 is 5.97 Å². The number of amides is 1. The quantitative estimate of drug-likeness (QED) is 0.503. The van der Waals surface area contributed by atoms with Crippen LogP contribution in [0.5, 0.6) is 11.5 Å². The summed E-state index contributed by atoms with van der Waals surface area (Å²) in [7, 11) is 1.47. The summed E-state index contributed by atoms with van der Waals surface area (Å²) in [6.07, 6.45) is 1.87. The van der Waals surface area contributed by atoms with Gasteiger partial charge in [0.25, 0.3) is 5.91 Å². The van der Waals surface area contributed by atoms with Gasteiger partial charge in [0, 0.05) is 6.54 Å². The molecule has 25 heavy (non-hydrogen) atoms. The Morgan fingerprint density at radius 2 is 2.00 bits per heavy atom. The molecule has 0 saturated carbocycles. The molecular weight excluding hydrogens is 346 g/mol. The number of halogens is 1. The summed E-state index contributed by atoms with van der Waals surface area (Å²) in [5.41, 5.74) is 0.196. The van der Waals surface area contributed by atoms with Crippen molar-refractivity contribution in [3.05, 3.63) is 22.7 Å². The molecule has 1 rings (SSSR count). The Bertz CT molecular complexity index is 589. The van der Waals surface area contributed by atoms with Gasteiger partial charge in [0.1, 0.15) is 0 Å². The Kier molecular flexibility index (Phi) is 9.13. The van der Waals surface area contributed by atoms with Gasteiger partial charge >= 0.3 is 5.97 Å². The average Bonchev–Trinajstić information content (AvgIpc) is 2.58. The summed E-state index contributed by atoms with van der Waals surface area (Å²) in [5, 5.41) is 2.93. The summed E-state index contributed by atoms with van der Waals surface area (Å²) >= 11 is 6.19. The molecule has 0 aliphatic rings. The number of rotatable bonds is 10. The summed E-state index contributed by atoms with van der Waals surface area (Å²) in [6, 6.07) is 2.93. The van der Waals surface area contributed by atoms with E-state index in [2.05, 4.69) is 12.2 Å². The fourth-order valence-electron chi connectivity index (χ4n) is 1.88. The summed E-state index contributed by atoms with van der Waals surface area (Å²) in [4.78, 5) is 23.7. The standard InChI is InChI=1S/C18H26ClNO5/c1-5-6-7-24-17-14(19)8-13(9-15(17)23-4)18(22)25-11-16(21)20-10-12(2)3/h8-9,12H,5-7,10-11H2,1-4H3,(H,20,21). The van der Waals surface area contributed by atoms with Crippen LogP contribution in [0.1, 0.15) is 44.0 Å². The normalized spacial score (nSPS) is 10.5. The Labute approximate surface area is 153 Å². The number of hydrogen-bond donors (Lipinski definition) is 1. The number of carbonyl (C=O) groups is 2. The van der Waals surface area contributed by atoms with Crippen LogP contribution in [0.15, 0.2) is 12.1 Å². The molecule has 7 heteroatoms. The predicted molar refractivity (Wildman–Crippen MR) is 96.5 cm³/mol. The summed E-state index contributed by atoms with van der Waals surface area (Å²) < 4.78 is 15.9. The van der Waals surface area contributed by atoms with Crippen molar-refractivity contribution in [2.45, 2.75) is 33.6 Å². The van der Waals surface area contributed by atoms with Crippen molar-refractivity contribution in [2.24, 2.45) is 5.92 Å². The second-order valence-electron chi connectivity index (χ2n) is 5.97. The number of methoxy groups -OCH3 is 1. The predicted octanol–water partition coefficient (Wildman–Crippen LogP) is 3.46. The Morgan fingerprint density at radius 3 is 2.60 bits per heavy atom. The molecule has 1 aromatic carbocycles. The molecule has 0 fully saturated rings. The van der Waals surface area contributed by atoms with E-state index >= 15 is 0 Å². The van der Waals surface area contributed by atoms with E-state index in [0.29, 0.717) is 30.6 Å². The first kappa shape index (κ1) is 21.1. The molecule has 1 N–H and O–H groups in total. The van der Waals surface area contributed by atoms with Crippen LogP contribution in [0.4, 0.5) is 0 Å². The van der Waals surface area contributed by atoms with E-state index in [1.54, 1.807) is 0 Å². The Balaban J connectivity index is 2.72. The second kappa shape index (κ2) is 10.8. The lowest BCUT2D eigenvalue weighted by Gasteiger charge is -2.14. The third kappa shape index (κ3) is 7.22. The molecule has 0 spiro atoms. The van der Waals surface area contributed by atoms with Gasteiger partial charge in [-0.05, 0) is 24.5 Å². The fraction of sp³-hybridized carbons (Fsp3) is 0.556. The van der Waals surface area contributed by atoms with Gasteiger partial charge < -0.3 is 19.5 Å². The van der Waals surface area contributed by atoms with Crippen molar-refractivity contribution in [1.29, 1.82) is 0 Å². The van der Waals surface area contributed by atoms with E-state index in [4.69, 9.17) is 25.8 Å². The fourth-order valence-corrected chi connectivity index (χ4v) is 2.14. The number of carbonyl (C=O) groups excluding carboxylic acids is 2. The largest absolute Gasteiger partial charge is 0.493 e. The molecule has 0 aromatic heterocycles. The van der Waals surface area contributed by atoms with Gasteiger partial charge in [-0.25, -0.2) is 4.79 Å². The average molecular weight is 372 g/mol. The van der Waals surface area contributed by atoms with Crippen LogP contribution < -0.4 is 14.8 Å². The minimum atomic E-state index is -0.653. The molecule has 1 aromatic rings. The zero-order chi connectivity index (χ0) is 18.8. The number of unbranched alkanes of at least 4 members (excludes halogenated alkanes) is 1. The van der Waals surface area contributed by atoms with Gasteiger partial charge in [0.15, 0.2) is 18.1 Å². The smallest absolute Gasteiger partial charge is 0.338 e. The number of nitrogens with one attached hydrogen (secondary N) is 1. The molecule has 0 atom stereocenters. The molecular formula is C18H26ClNO5. The van der Waals surface area contributed by atoms with Gasteiger partial charge in [0.05, 0.1) is 24.3 Å². The zero-order valence-corrected chi connectivity index (χ0v) is 15.9. The monoisotopic (exact) mass is 371 g/mol. The van der Waals surface area contributed by atoms with Crippen LogP contribution >= 0.6 is 11.6 Å². The summed E-state index contributed by atoms with van der Waals surface area (Å²) in [6.45, 7) is 6.69. The molecule has 0 radical (unpaired) electrons. The maximum Gasteiger partial charge on any atom is 0.338 e. The van der Waals surface area contributed by atoms with Gasteiger partial charge in [-0.2, -0.15) is 0 Å². The molecule has 0 saturated heterocycles. The van der Waals surface area contributed by atoms with Gasteiger partial charge in [-0.3, -0.25) is 4.79 Å². The highest BCUT2D eigenvalue weighted by Crippen LogP contribution is 2.36. The molecule has 1 amide bonds. The highest BCUT2D eigenvalue weighted by molar-refractivity contribution is 6.32. The first-order valence-electron chi connectivity index (χ1n) is 8.33. The molecule has 0 unspecified atom stereocenters. The maximum atomic E-state index is 12.1. The first-order valence-corrected chi connectivity index (χ1v) is 8.71. The van der Waals surface area contributed by atoms with Crippen molar-refractivity contribution in [3.63, 3.8) is 0 Å². The molecule has 0 aliphatic heterocycles. The van der Waals surface area contributed by atoms with Gasteiger partial charge in [-0.1, -0.05) is 38.8 Å². The van der Waals surface area contributed by atoms with Crippen molar-refractivity contribution in [2.75, 3.05) is 26.9 Å². The van der Waals surface area contributed by atoms with E-state index in [1.165, 1.54) is 19.2 Å². The van der Waals surface area contributed by atoms with Crippen LogP contribution in [0, 0.1) is 5.92 Å². The summed E-state index contributed by atoms with van der Waals surface area (Å²) in [5.74, 6) is 0.0614. The Hall–Kier alpha value is -1.95. The van der Waals surface area contributed by atoms with Crippen LogP contribution in [0.25, 0.3) is 0 Å². The molecule has 0 bridgehead atoms. The second-order valence-corrected chi connectivity index (χ2v) is 6.37. The lowest BCUT2D eigenvalue weighted by Crippen LogP contribution is -2.31. The highest BCUT2D eigenvalue weighted by Gasteiger charge is 2.17. The number of esters is 1. The molecule has 6 nitrogen and oxygen atoms in total. The van der Waals surface area contributed by atoms with Crippen LogP contribution in [0.3, 0.4) is 0 Å². The minimum Gasteiger partial charge on any atom is -0.493 e. The van der Waals surface area contributed by atoms with E-state index in [9.17, 15) is 9.59 Å². The molecule has 0 aliphatic carbocycles. The highest BCUT2D eigenvalue weighted by atomic mass is 35.5. The zero-order valence-electron chi connectivity index (χ0n) is 15.2. The minimum absolute atomic E-state index is 0.196. The number of ether oxygens (including phenoxy) is 3. The van der Waals surface area contributed by atoms with Crippen LogP contribution in [-0.2, 0) is 9.53 Å². The SMILES string of the molecule is CCCCOc1c(Cl)cc(C(=O)OCC(=O)NCC(C)C)cc1OC. The van der Waals surface area contributed by atoms with Crippen molar-refractivity contribution >= 4 is 23.5 Å². The third-order valence-electron chi connectivity index (χ3n) is 3.25. The van der Waals surface area contributed by atoms with Crippen LogP contribution in [0.2, 0.25) is 5.02 Å². The third-order valence-corrected chi connectivity index (χ3v) is 3.53. The lowest BCUT2D eigenvalue weighted by molar-refractivity contribution is -0.124. The van der Waals surface area contributed by atoms with Crippen LogP contribution in [-0.4, -0.2) is 38.7 Å². The van der Waals surface area contributed by atoms with Crippen molar-refractivity contribution < 1.29 is 23.8 Å². The van der Waals surface area contributed by atoms with Gasteiger partial charge in [-0.15, -0.1) is 0 Å². The van der Waals surface area contributed by atoms with Crippen molar-refractivity contribution in [3.8, 4) is 11.5 Å². The molecule has 140 valence electrons. The first-order chi connectivity index (χ1) is 11.9. The van der Waals surface area contributed by atoms with E-state index in [-0.39, 0.29) is 23.1 Å². The number of benzene rings is 1. The maximum absolute atomic E-state index is 12.1. The van der Waals surface area contributed by atoms with E-state index in [1.807, 2.05) is 13.8 Å². The molecule has 0 heterocycles. The number of hydrogen-bond acceptors (Lipinski definition) is 5. The van der Waals surface area contributed by atoms with E-state index in [0.717, 1.165) is 12.8 Å². The van der Waals surface area contributed by atoms with Crippen molar-refractivity contribution in [1.82, 2.24) is 5.32 Å².